The van der Waals surface area contributed by atoms with Gasteiger partial charge >= 0.3 is 0 Å². The lowest BCUT2D eigenvalue weighted by Gasteiger charge is -2.25. The van der Waals surface area contributed by atoms with Crippen LogP contribution in [0.3, 0.4) is 0 Å². The van der Waals surface area contributed by atoms with Crippen molar-refractivity contribution >= 4 is 16.5 Å². The fraction of sp³-hybridized carbons (Fsp3) is 0.357. The molecule has 0 bridgehead atoms. The Morgan fingerprint density at radius 1 is 1.22 bits per heavy atom. The van der Waals surface area contributed by atoms with Gasteiger partial charge in [-0.25, -0.2) is 4.98 Å². The second-order valence-electron chi connectivity index (χ2n) is 4.65. The van der Waals surface area contributed by atoms with Crippen molar-refractivity contribution in [3.63, 3.8) is 0 Å². The van der Waals surface area contributed by atoms with Crippen molar-refractivity contribution in [3.05, 3.63) is 47.0 Å². The highest BCUT2D eigenvalue weighted by Gasteiger charge is 2.12. The minimum absolute atomic E-state index is 0.494. The Morgan fingerprint density at radius 2 is 1.94 bits per heavy atom. The summed E-state index contributed by atoms with van der Waals surface area (Å²) in [7, 11) is 0. The van der Waals surface area contributed by atoms with Crippen molar-refractivity contribution in [2.75, 3.05) is 5.73 Å². The molecule has 1 heterocycles. The highest BCUT2D eigenvalue weighted by molar-refractivity contribution is 7.15. The molecule has 2 N–H and O–H groups in total. The Hall–Kier alpha value is -1.39. The van der Waals surface area contributed by atoms with E-state index in [1.54, 1.807) is 11.3 Å². The van der Waals surface area contributed by atoms with Gasteiger partial charge in [0.05, 0.1) is 0 Å². The standard InChI is InChI=1S/C14H19N3S/c1-11(2)17(9-12-6-4-3-5-7-12)10-13-8-16-14(15)18-13/h3-8,11H,9-10H2,1-2H3,(H2,15,16). The average molecular weight is 261 g/mol. The van der Waals surface area contributed by atoms with E-state index in [9.17, 15) is 0 Å². The number of hydrogen-bond donors (Lipinski definition) is 1. The maximum absolute atomic E-state index is 5.67. The number of nitrogens with two attached hydrogens (primary N) is 1. The first-order valence-corrected chi connectivity index (χ1v) is 6.95. The number of thiazole rings is 1. The van der Waals surface area contributed by atoms with E-state index in [4.69, 9.17) is 5.73 Å². The molecule has 0 saturated heterocycles. The van der Waals surface area contributed by atoms with Crippen LogP contribution in [0.25, 0.3) is 0 Å². The SMILES string of the molecule is CC(C)N(Cc1ccccc1)Cc1cnc(N)s1. The smallest absolute Gasteiger partial charge is 0.180 e. The van der Waals surface area contributed by atoms with Crippen LogP contribution in [-0.4, -0.2) is 15.9 Å². The largest absolute Gasteiger partial charge is 0.375 e. The Kier molecular flexibility index (Phi) is 4.33. The third kappa shape index (κ3) is 3.55. The van der Waals surface area contributed by atoms with Gasteiger partial charge in [-0.2, -0.15) is 0 Å². The van der Waals surface area contributed by atoms with Crippen LogP contribution in [0.1, 0.15) is 24.3 Å². The van der Waals surface area contributed by atoms with E-state index in [-0.39, 0.29) is 0 Å². The molecule has 0 unspecified atom stereocenters. The summed E-state index contributed by atoms with van der Waals surface area (Å²) >= 11 is 1.57. The van der Waals surface area contributed by atoms with Crippen molar-refractivity contribution in [1.29, 1.82) is 0 Å². The summed E-state index contributed by atoms with van der Waals surface area (Å²) < 4.78 is 0. The van der Waals surface area contributed by atoms with Gasteiger partial charge in [0.1, 0.15) is 0 Å². The molecular formula is C14H19N3S. The second kappa shape index (κ2) is 5.98. The number of anilines is 1. The number of benzene rings is 1. The zero-order chi connectivity index (χ0) is 13.0. The van der Waals surface area contributed by atoms with Crippen molar-refractivity contribution in [2.45, 2.75) is 33.0 Å². The van der Waals surface area contributed by atoms with Crippen LogP contribution < -0.4 is 5.73 Å². The predicted molar refractivity (Wildman–Crippen MR) is 77.4 cm³/mol. The monoisotopic (exact) mass is 261 g/mol. The van der Waals surface area contributed by atoms with E-state index in [1.165, 1.54) is 10.4 Å². The van der Waals surface area contributed by atoms with E-state index in [0.717, 1.165) is 13.1 Å². The lowest BCUT2D eigenvalue weighted by atomic mass is 10.2. The first-order chi connectivity index (χ1) is 8.65. The molecule has 1 aromatic carbocycles. The van der Waals surface area contributed by atoms with Gasteiger partial charge in [0, 0.05) is 30.2 Å². The van der Waals surface area contributed by atoms with Gasteiger partial charge in [-0.3, -0.25) is 4.90 Å². The molecular weight excluding hydrogens is 242 g/mol. The summed E-state index contributed by atoms with van der Waals surface area (Å²) in [6.45, 7) is 6.29. The molecule has 3 nitrogen and oxygen atoms in total. The number of nitrogen functional groups attached to an aromatic ring is 1. The van der Waals surface area contributed by atoms with E-state index < -0.39 is 0 Å². The molecule has 0 saturated carbocycles. The molecule has 0 amide bonds. The van der Waals surface area contributed by atoms with Gasteiger partial charge in [0.25, 0.3) is 0 Å². The Bertz CT molecular complexity index is 479. The van der Waals surface area contributed by atoms with Gasteiger partial charge in [-0.05, 0) is 19.4 Å². The molecule has 0 aliphatic heterocycles. The Balaban J connectivity index is 2.05. The van der Waals surface area contributed by atoms with Crippen LogP contribution in [0.2, 0.25) is 0 Å². The van der Waals surface area contributed by atoms with Crippen molar-refractivity contribution < 1.29 is 0 Å². The van der Waals surface area contributed by atoms with Crippen LogP contribution in [-0.2, 0) is 13.1 Å². The van der Waals surface area contributed by atoms with E-state index in [1.807, 2.05) is 12.3 Å². The normalized spacial score (nSPS) is 11.3. The summed E-state index contributed by atoms with van der Waals surface area (Å²) in [6.07, 6.45) is 1.88. The lowest BCUT2D eigenvalue weighted by Crippen LogP contribution is -2.29. The number of rotatable bonds is 5. The molecule has 0 fully saturated rings. The van der Waals surface area contributed by atoms with Crippen LogP contribution >= 0.6 is 11.3 Å². The fourth-order valence-corrected chi connectivity index (χ4v) is 2.54. The zero-order valence-electron chi connectivity index (χ0n) is 10.8. The number of hydrogen-bond acceptors (Lipinski definition) is 4. The molecule has 1 aromatic heterocycles. The molecule has 18 heavy (non-hydrogen) atoms. The highest BCUT2D eigenvalue weighted by Crippen LogP contribution is 2.19. The molecule has 0 aliphatic rings. The third-order valence-electron chi connectivity index (χ3n) is 2.89. The number of aromatic nitrogens is 1. The van der Waals surface area contributed by atoms with E-state index >= 15 is 0 Å². The van der Waals surface area contributed by atoms with Crippen LogP contribution in [0.5, 0.6) is 0 Å². The maximum atomic E-state index is 5.67. The molecule has 0 radical (unpaired) electrons. The second-order valence-corrected chi connectivity index (χ2v) is 5.80. The summed E-state index contributed by atoms with van der Waals surface area (Å²) in [4.78, 5) is 7.74. The average Bonchev–Trinajstić information content (AvgIpc) is 2.75. The minimum atomic E-state index is 0.494. The van der Waals surface area contributed by atoms with Crippen molar-refractivity contribution in [2.24, 2.45) is 0 Å². The highest BCUT2D eigenvalue weighted by atomic mass is 32.1. The predicted octanol–water partition coefficient (Wildman–Crippen LogP) is 3.14. The summed E-state index contributed by atoms with van der Waals surface area (Å²) in [5.74, 6) is 0. The lowest BCUT2D eigenvalue weighted by molar-refractivity contribution is 0.205. The summed E-state index contributed by atoms with van der Waals surface area (Å²) in [5.41, 5.74) is 7.01. The maximum Gasteiger partial charge on any atom is 0.180 e. The topological polar surface area (TPSA) is 42.2 Å². The quantitative estimate of drug-likeness (QED) is 0.899. The fourth-order valence-electron chi connectivity index (χ4n) is 1.83. The molecule has 2 rings (SSSR count). The third-order valence-corrected chi connectivity index (χ3v) is 3.70. The van der Waals surface area contributed by atoms with Crippen LogP contribution in [0.15, 0.2) is 36.5 Å². The first-order valence-electron chi connectivity index (χ1n) is 6.13. The summed E-state index contributed by atoms with van der Waals surface area (Å²) in [5, 5.41) is 0.647. The zero-order valence-corrected chi connectivity index (χ0v) is 11.7. The first kappa shape index (κ1) is 13.1. The van der Waals surface area contributed by atoms with Gasteiger partial charge in [0.15, 0.2) is 5.13 Å². The van der Waals surface area contributed by atoms with Gasteiger partial charge in [0.2, 0.25) is 0 Å². The van der Waals surface area contributed by atoms with Gasteiger partial charge in [-0.1, -0.05) is 30.3 Å². The minimum Gasteiger partial charge on any atom is -0.375 e. The van der Waals surface area contributed by atoms with E-state index in [0.29, 0.717) is 11.2 Å². The molecule has 0 atom stereocenters. The van der Waals surface area contributed by atoms with E-state index in [2.05, 4.69) is 48.0 Å². The van der Waals surface area contributed by atoms with Gasteiger partial charge in [-0.15, -0.1) is 11.3 Å². The van der Waals surface area contributed by atoms with Gasteiger partial charge < -0.3 is 5.73 Å². The summed E-state index contributed by atoms with van der Waals surface area (Å²) in [6, 6.07) is 11.0. The Morgan fingerprint density at radius 3 is 2.50 bits per heavy atom. The van der Waals surface area contributed by atoms with Crippen molar-refractivity contribution in [1.82, 2.24) is 9.88 Å². The number of nitrogens with zero attached hydrogens (tertiary/aromatic N) is 2. The molecule has 2 aromatic rings. The Labute approximate surface area is 112 Å². The molecule has 0 aliphatic carbocycles. The van der Waals surface area contributed by atoms with Crippen molar-refractivity contribution in [3.8, 4) is 0 Å². The van der Waals surface area contributed by atoms with Crippen LogP contribution in [0, 0.1) is 0 Å². The molecule has 96 valence electrons. The van der Waals surface area contributed by atoms with Crippen LogP contribution in [0.4, 0.5) is 5.13 Å². The molecule has 4 heteroatoms. The molecule has 0 spiro atoms.